The number of hydrogen-bond donors (Lipinski definition) is 2. The zero-order valence-corrected chi connectivity index (χ0v) is 8.16. The Labute approximate surface area is 82.5 Å². The maximum absolute atomic E-state index is 11.1. The molecule has 2 atom stereocenters. The number of ether oxygens (including phenoxy) is 2. The molecule has 2 rings (SSSR count). The van der Waals surface area contributed by atoms with Gasteiger partial charge in [0.25, 0.3) is 0 Å². The highest BCUT2D eigenvalue weighted by Gasteiger charge is 2.26. The van der Waals surface area contributed by atoms with Crippen molar-refractivity contribution in [3.8, 4) is 0 Å². The number of hydrogen-bond acceptors (Lipinski definition) is 5. The summed E-state index contributed by atoms with van der Waals surface area (Å²) in [6, 6.07) is 0.305. The molecule has 6 nitrogen and oxygen atoms in total. The van der Waals surface area contributed by atoms with E-state index in [1.807, 2.05) is 6.92 Å². The Morgan fingerprint density at radius 3 is 3.07 bits per heavy atom. The third kappa shape index (κ3) is 2.14. The van der Waals surface area contributed by atoms with Crippen LogP contribution in [0.25, 0.3) is 0 Å². The summed E-state index contributed by atoms with van der Waals surface area (Å²) in [5.41, 5.74) is 3.02. The fourth-order valence-corrected chi connectivity index (χ4v) is 1.58. The van der Waals surface area contributed by atoms with Crippen LogP contribution in [0.1, 0.15) is 6.92 Å². The molecular formula is C8H15N3O3. The number of morpholine rings is 1. The van der Waals surface area contributed by atoms with E-state index in [1.165, 1.54) is 5.01 Å². The van der Waals surface area contributed by atoms with Gasteiger partial charge in [-0.25, -0.2) is 15.2 Å². The molecule has 80 valence electrons. The van der Waals surface area contributed by atoms with E-state index in [4.69, 9.17) is 9.47 Å². The monoisotopic (exact) mass is 201 g/mol. The van der Waals surface area contributed by atoms with Gasteiger partial charge in [-0.1, -0.05) is 0 Å². The molecule has 0 spiro atoms. The second kappa shape index (κ2) is 4.12. The molecule has 1 amide bonds. The Morgan fingerprint density at radius 2 is 2.43 bits per heavy atom. The van der Waals surface area contributed by atoms with Gasteiger partial charge in [0.05, 0.1) is 25.9 Å². The second-order valence-electron chi connectivity index (χ2n) is 3.55. The Hall–Kier alpha value is -0.850. The van der Waals surface area contributed by atoms with Crippen LogP contribution in [0.4, 0.5) is 4.79 Å². The van der Waals surface area contributed by atoms with Crippen LogP contribution in [0, 0.1) is 0 Å². The van der Waals surface area contributed by atoms with Crippen LogP contribution < -0.4 is 10.7 Å². The van der Waals surface area contributed by atoms with Crippen LogP contribution in [0.15, 0.2) is 0 Å². The van der Waals surface area contributed by atoms with Crippen molar-refractivity contribution in [3.63, 3.8) is 0 Å². The summed E-state index contributed by atoms with van der Waals surface area (Å²) in [6.07, 6.45) is -0.325. The molecule has 0 aromatic heterocycles. The van der Waals surface area contributed by atoms with Crippen molar-refractivity contribution in [2.24, 2.45) is 0 Å². The normalized spacial score (nSPS) is 33.2. The van der Waals surface area contributed by atoms with E-state index in [0.29, 0.717) is 32.4 Å². The van der Waals surface area contributed by atoms with Crippen molar-refractivity contribution in [1.29, 1.82) is 0 Å². The van der Waals surface area contributed by atoms with Crippen molar-refractivity contribution in [2.45, 2.75) is 19.1 Å². The van der Waals surface area contributed by atoms with E-state index in [9.17, 15) is 4.79 Å². The first-order valence-corrected chi connectivity index (χ1v) is 4.80. The summed E-state index contributed by atoms with van der Waals surface area (Å²) >= 11 is 0. The number of rotatable bonds is 2. The van der Waals surface area contributed by atoms with Gasteiger partial charge in [0, 0.05) is 6.04 Å². The summed E-state index contributed by atoms with van der Waals surface area (Å²) in [5.74, 6) is 0. The second-order valence-corrected chi connectivity index (χ2v) is 3.55. The van der Waals surface area contributed by atoms with E-state index in [0.717, 1.165) is 0 Å². The molecule has 2 fully saturated rings. The molecule has 2 unspecified atom stereocenters. The fourth-order valence-electron chi connectivity index (χ4n) is 1.58. The van der Waals surface area contributed by atoms with Crippen LogP contribution in [-0.2, 0) is 9.47 Å². The number of carbonyl (C=O) groups excluding carboxylic acids is 1. The maximum Gasteiger partial charge on any atom is 0.424 e. The first kappa shape index (κ1) is 9.70. The van der Waals surface area contributed by atoms with E-state index in [2.05, 4.69) is 10.7 Å². The molecule has 2 saturated heterocycles. The van der Waals surface area contributed by atoms with Crippen LogP contribution >= 0.6 is 0 Å². The summed E-state index contributed by atoms with van der Waals surface area (Å²) in [5, 5.41) is 4.75. The highest BCUT2D eigenvalue weighted by molar-refractivity contribution is 5.68. The minimum absolute atomic E-state index is 0.00981. The van der Waals surface area contributed by atoms with Gasteiger partial charge < -0.3 is 9.47 Å². The third-order valence-electron chi connectivity index (χ3n) is 2.21. The lowest BCUT2D eigenvalue weighted by Crippen LogP contribution is -2.59. The molecule has 2 heterocycles. The molecule has 14 heavy (non-hydrogen) atoms. The van der Waals surface area contributed by atoms with E-state index in [-0.39, 0.29) is 12.3 Å². The zero-order chi connectivity index (χ0) is 9.97. The molecule has 0 bridgehead atoms. The molecule has 2 aliphatic rings. The lowest BCUT2D eigenvalue weighted by molar-refractivity contribution is 0.0178. The van der Waals surface area contributed by atoms with Gasteiger partial charge in [0.15, 0.2) is 0 Å². The van der Waals surface area contributed by atoms with Gasteiger partial charge in [-0.15, -0.1) is 0 Å². The quantitative estimate of drug-likeness (QED) is 0.617. The largest absolute Gasteiger partial charge is 0.447 e. The maximum atomic E-state index is 11.1. The first-order valence-electron chi connectivity index (χ1n) is 4.80. The lowest BCUT2D eigenvalue weighted by Gasteiger charge is -2.31. The van der Waals surface area contributed by atoms with Crippen molar-refractivity contribution < 1.29 is 14.3 Å². The van der Waals surface area contributed by atoms with E-state index >= 15 is 0 Å². The van der Waals surface area contributed by atoms with Crippen LogP contribution in [0.3, 0.4) is 0 Å². The average Bonchev–Trinajstić information content (AvgIpc) is 2.52. The Bertz CT molecular complexity index is 224. The number of nitrogens with one attached hydrogen (secondary N) is 2. The predicted octanol–water partition coefficient (Wildman–Crippen LogP) is -0.722. The van der Waals surface area contributed by atoms with Crippen molar-refractivity contribution in [1.82, 2.24) is 15.8 Å². The minimum atomic E-state index is -0.315. The molecule has 0 radical (unpaired) electrons. The summed E-state index contributed by atoms with van der Waals surface area (Å²) in [6.45, 7) is 4.35. The van der Waals surface area contributed by atoms with E-state index < -0.39 is 0 Å². The smallest absolute Gasteiger partial charge is 0.424 e. The van der Waals surface area contributed by atoms with Gasteiger partial charge in [0.2, 0.25) is 0 Å². The number of hydrazine groups is 1. The fraction of sp³-hybridized carbons (Fsp3) is 0.875. The average molecular weight is 201 g/mol. The standard InChI is InChI=1S/C8H15N3O3/c1-6-4-13-5-7(9-6)10-11-2-3-14-8(11)12/h6-7,9-10H,2-5H2,1H3. The molecule has 0 aliphatic carbocycles. The number of amides is 1. The summed E-state index contributed by atoms with van der Waals surface area (Å²) < 4.78 is 10.1. The van der Waals surface area contributed by atoms with E-state index in [1.54, 1.807) is 0 Å². The molecule has 6 heteroatoms. The number of carbonyl (C=O) groups is 1. The Kier molecular flexibility index (Phi) is 2.85. The van der Waals surface area contributed by atoms with Crippen LogP contribution in [0.5, 0.6) is 0 Å². The first-order chi connectivity index (χ1) is 6.75. The zero-order valence-electron chi connectivity index (χ0n) is 8.16. The van der Waals surface area contributed by atoms with Gasteiger partial charge in [0.1, 0.15) is 6.61 Å². The highest BCUT2D eigenvalue weighted by atomic mass is 16.6. The SMILES string of the molecule is CC1COCC(NN2CCOC2=O)N1. The topological polar surface area (TPSA) is 62.8 Å². The predicted molar refractivity (Wildman–Crippen MR) is 48.4 cm³/mol. The Balaban J connectivity index is 1.81. The molecule has 0 aromatic rings. The van der Waals surface area contributed by atoms with Crippen LogP contribution in [-0.4, -0.2) is 49.7 Å². The third-order valence-corrected chi connectivity index (χ3v) is 2.21. The van der Waals surface area contributed by atoms with Gasteiger partial charge >= 0.3 is 6.09 Å². The number of nitrogens with zero attached hydrogens (tertiary/aromatic N) is 1. The van der Waals surface area contributed by atoms with Crippen LogP contribution in [0.2, 0.25) is 0 Å². The lowest BCUT2D eigenvalue weighted by atomic mass is 10.3. The van der Waals surface area contributed by atoms with Crippen molar-refractivity contribution in [2.75, 3.05) is 26.4 Å². The van der Waals surface area contributed by atoms with Crippen molar-refractivity contribution in [3.05, 3.63) is 0 Å². The summed E-state index contributed by atoms with van der Waals surface area (Å²) in [4.78, 5) is 11.1. The highest BCUT2D eigenvalue weighted by Crippen LogP contribution is 2.02. The Morgan fingerprint density at radius 1 is 1.57 bits per heavy atom. The molecule has 2 aliphatic heterocycles. The van der Waals surface area contributed by atoms with Gasteiger partial charge in [-0.2, -0.15) is 0 Å². The van der Waals surface area contributed by atoms with Crippen molar-refractivity contribution >= 4 is 6.09 Å². The number of cyclic esters (lactones) is 1. The molecule has 0 aromatic carbocycles. The van der Waals surface area contributed by atoms with Gasteiger partial charge in [-0.05, 0) is 6.92 Å². The minimum Gasteiger partial charge on any atom is -0.447 e. The summed E-state index contributed by atoms with van der Waals surface area (Å²) in [7, 11) is 0. The molecular weight excluding hydrogens is 186 g/mol. The van der Waals surface area contributed by atoms with Gasteiger partial charge in [-0.3, -0.25) is 5.32 Å². The molecule has 0 saturated carbocycles. The molecule has 2 N–H and O–H groups in total.